The van der Waals surface area contributed by atoms with Crippen molar-refractivity contribution < 1.29 is 55.1 Å². The number of H-pyrrole nitrogens is 2. The maximum atomic E-state index is 10.8. The molecular formula is C102H140N20O14P4. The van der Waals surface area contributed by atoms with E-state index in [4.69, 9.17) is 55.1 Å². The number of ether oxygens (including phenoxy) is 4. The molecule has 12 saturated heterocycles. The van der Waals surface area contributed by atoms with E-state index in [0.29, 0.717) is 35.8 Å². The van der Waals surface area contributed by atoms with Gasteiger partial charge in [-0.1, -0.05) is 149 Å². The Bertz CT molecular complexity index is 5580. The van der Waals surface area contributed by atoms with E-state index in [1.165, 1.54) is 73.2 Å². The summed E-state index contributed by atoms with van der Waals surface area (Å²) in [7, 11) is 3.12. The van der Waals surface area contributed by atoms with Crippen LogP contribution in [0.25, 0.3) is 22.3 Å². The second kappa shape index (κ2) is 45.6. The second-order valence-electron chi connectivity index (χ2n) is 39.3. The van der Waals surface area contributed by atoms with Gasteiger partial charge in [0.1, 0.15) is 70.2 Å². The summed E-state index contributed by atoms with van der Waals surface area (Å²) >= 11 is 0. The summed E-state index contributed by atoms with van der Waals surface area (Å²) in [6.07, 6.45) is 30.6. The van der Waals surface area contributed by atoms with Crippen molar-refractivity contribution in [2.45, 2.75) is 320 Å². The molecule has 4 aromatic carbocycles. The minimum Gasteiger partial charge on any atom is -0.372 e. The highest BCUT2D eigenvalue weighted by molar-refractivity contribution is 7.45. The van der Waals surface area contributed by atoms with Gasteiger partial charge < -0.3 is 64.9 Å². The predicted molar refractivity (Wildman–Crippen MR) is 545 cm³/mol. The van der Waals surface area contributed by atoms with Crippen molar-refractivity contribution in [1.29, 1.82) is 0 Å². The molecule has 0 spiro atoms. The van der Waals surface area contributed by atoms with Crippen molar-refractivity contribution in [2.24, 2.45) is 9.98 Å². The quantitative estimate of drug-likeness (QED) is 0.0361. The minimum atomic E-state index is -1.15. The number of nitrogens with zero attached hydrogens (tertiary/aromatic N) is 18. The van der Waals surface area contributed by atoms with E-state index in [-0.39, 0.29) is 107 Å². The number of imidazole rings is 2. The molecule has 34 nitrogen and oxygen atoms in total. The van der Waals surface area contributed by atoms with Gasteiger partial charge in [0.05, 0.1) is 122 Å². The van der Waals surface area contributed by atoms with Crippen molar-refractivity contribution in [3.63, 3.8) is 0 Å². The van der Waals surface area contributed by atoms with Gasteiger partial charge in [-0.05, 0) is 169 Å². The Kier molecular flexibility index (Phi) is 33.6. The first-order valence-electron chi connectivity index (χ1n) is 49.9. The lowest BCUT2D eigenvalue weighted by Gasteiger charge is -2.29. The molecule has 12 aliphatic rings. The van der Waals surface area contributed by atoms with Crippen molar-refractivity contribution >= 4 is 80.7 Å². The van der Waals surface area contributed by atoms with Crippen molar-refractivity contribution in [3.8, 4) is 0 Å². The first kappa shape index (κ1) is 103. The average molecular weight is 1990 g/mol. The zero-order valence-electron chi connectivity index (χ0n) is 84.1. The monoisotopic (exact) mass is 1990 g/mol. The number of aliphatic imine (C=N–C) groups is 2. The number of benzene rings is 4. The maximum Gasteiger partial charge on any atom is 0.346 e. The first-order valence-corrected chi connectivity index (χ1v) is 54.5. The molecule has 0 radical (unpaired) electrons. The zero-order chi connectivity index (χ0) is 98.3. The Morgan fingerprint density at radius 3 is 0.979 bits per heavy atom. The van der Waals surface area contributed by atoms with E-state index in [2.05, 4.69) is 269 Å². The van der Waals surface area contributed by atoms with E-state index >= 15 is 0 Å². The van der Waals surface area contributed by atoms with E-state index in [1.807, 2.05) is 77.7 Å². The number of hydrogen-bond acceptors (Lipinski definition) is 28. The fourth-order valence-corrected chi connectivity index (χ4v) is 29.9. The van der Waals surface area contributed by atoms with E-state index in [9.17, 15) is 9.59 Å². The summed E-state index contributed by atoms with van der Waals surface area (Å²) in [5.74, 6) is 1.10. The number of aryl methyl sites for hydroxylation is 4. The number of aromatic nitrogens is 12. The summed E-state index contributed by atoms with van der Waals surface area (Å²) in [5.41, 5.74) is 9.68. The number of aromatic amines is 2. The van der Waals surface area contributed by atoms with E-state index in [0.717, 1.165) is 135 Å². The molecule has 12 fully saturated rings. The molecular weight excluding hydrogens is 1850 g/mol. The van der Waals surface area contributed by atoms with Crippen LogP contribution in [0.15, 0.2) is 179 Å². The fraction of sp³-hybridized carbons (Fsp3) is 0.569. The van der Waals surface area contributed by atoms with Crippen LogP contribution in [0.5, 0.6) is 0 Å². The molecule has 24 atom stereocenters. The highest BCUT2D eigenvalue weighted by Crippen LogP contribution is 2.68. The predicted octanol–water partition coefficient (Wildman–Crippen LogP) is 19.5. The topological polar surface area (TPSA) is 334 Å². The lowest BCUT2D eigenvalue weighted by molar-refractivity contribution is -0.0163. The van der Waals surface area contributed by atoms with Gasteiger partial charge in [-0.25, -0.2) is 78.1 Å². The number of hydrogen-bond donors (Lipinski definition) is 2. The van der Waals surface area contributed by atoms with Gasteiger partial charge in [0.15, 0.2) is 11.3 Å². The average Bonchev–Trinajstić information content (AvgIpc) is 1.61. The van der Waals surface area contributed by atoms with Crippen LogP contribution in [0.2, 0.25) is 0 Å². The van der Waals surface area contributed by atoms with Gasteiger partial charge >= 0.3 is 11.4 Å². The highest BCUT2D eigenvalue weighted by atomic mass is 31.2. The summed E-state index contributed by atoms with van der Waals surface area (Å²) in [5, 5.41) is 0. The second-order valence-corrected chi connectivity index (χ2v) is 44.8. The lowest BCUT2D eigenvalue weighted by atomic mass is 9.87. The van der Waals surface area contributed by atoms with Crippen LogP contribution < -0.4 is 11.4 Å². The molecule has 0 bridgehead atoms. The van der Waals surface area contributed by atoms with Gasteiger partial charge in [0.25, 0.3) is 34.1 Å². The first-order chi connectivity index (χ1) is 67.6. The van der Waals surface area contributed by atoms with Gasteiger partial charge in [0, 0.05) is 104 Å². The lowest BCUT2D eigenvalue weighted by Crippen LogP contribution is -2.36. The molecule has 6 aromatic heterocycles. The smallest absolute Gasteiger partial charge is 0.346 e. The zero-order valence-corrected chi connectivity index (χ0v) is 87.7. The molecule has 0 amide bonds. The van der Waals surface area contributed by atoms with Crippen molar-refractivity contribution in [1.82, 2.24) is 87.5 Å². The maximum absolute atomic E-state index is 10.8. The van der Waals surface area contributed by atoms with Crippen LogP contribution in [0.1, 0.15) is 229 Å². The van der Waals surface area contributed by atoms with Crippen LogP contribution in [0.4, 0.5) is 11.6 Å². The van der Waals surface area contributed by atoms with Gasteiger partial charge in [-0.3, -0.25) is 19.1 Å². The minimum absolute atomic E-state index is 0.00567. The third-order valence-corrected chi connectivity index (χ3v) is 36.4. The van der Waals surface area contributed by atoms with Crippen LogP contribution in [0, 0.1) is 27.7 Å². The summed E-state index contributed by atoms with van der Waals surface area (Å²) in [4.78, 5) is 72.1. The van der Waals surface area contributed by atoms with Crippen LogP contribution >= 0.6 is 34.1 Å². The Morgan fingerprint density at radius 2 is 0.693 bits per heavy atom. The van der Waals surface area contributed by atoms with Crippen molar-refractivity contribution in [3.05, 3.63) is 225 Å². The SMILES string of the molecule is CC[C@H]1O[C@@H](C)C[C@H]1O[P@@]1O[C@](C)(c2ccccc2)[C@@H]2CCCN21.CC[C@H]1O[C@@H](C)C[C@H]1O[P@]1O[C@@](C)(c2ccccc2)[C@H]2CCCN21.CC[C@H]1O[C@@H](n2cnc3c(C)ncnc32)C[C@H]1O[P@@]1O[C@](C)(c2ccccc2)[C@@H]2CCCN21.CC[C@H]1O[C@@H](n2cnc3c(C)ncnc32)C[C@H]1O[P@]1O[C@@](C)(c2ccccc2)[C@H]2CCCN21.Cc1cnc(=O)[nH]c1N=CN(C)C.Cc1cnc(=O)[nH]c1N=CN(C)C. The molecule has 38 heteroatoms. The normalized spacial score (nSPS) is 32.8. The molecule has 140 heavy (non-hydrogen) atoms. The van der Waals surface area contributed by atoms with Crippen LogP contribution in [-0.4, -0.2) is 240 Å². The Hall–Kier alpha value is -8.24. The summed E-state index contributed by atoms with van der Waals surface area (Å²) in [6.45, 7) is 33.6. The molecule has 0 aliphatic carbocycles. The fourth-order valence-electron chi connectivity index (χ4n) is 21.3. The van der Waals surface area contributed by atoms with E-state index in [1.54, 1.807) is 35.1 Å². The highest BCUT2D eigenvalue weighted by Gasteiger charge is 2.61. The van der Waals surface area contributed by atoms with Crippen LogP contribution in [-0.2, 0) is 77.5 Å². The third kappa shape index (κ3) is 22.4. The van der Waals surface area contributed by atoms with Crippen LogP contribution in [0.3, 0.4) is 0 Å². The Labute approximate surface area is 827 Å². The molecule has 2 N–H and O–H groups in total. The molecule has 752 valence electrons. The number of nitrogens with one attached hydrogen (secondary N) is 2. The number of rotatable bonds is 22. The molecule has 10 aromatic rings. The Balaban J connectivity index is 0.000000120. The third-order valence-electron chi connectivity index (χ3n) is 28.9. The molecule has 18 heterocycles. The Morgan fingerprint density at radius 1 is 0.407 bits per heavy atom. The largest absolute Gasteiger partial charge is 0.372 e. The molecule has 12 aliphatic heterocycles. The van der Waals surface area contributed by atoms with Gasteiger partial charge in [-0.2, -0.15) is 0 Å². The van der Waals surface area contributed by atoms with E-state index < -0.39 is 34.1 Å². The van der Waals surface area contributed by atoms with Gasteiger partial charge in [-0.15, -0.1) is 0 Å². The number of fused-ring (bicyclic) bond motifs is 6. The molecule has 22 rings (SSSR count). The molecule has 0 saturated carbocycles. The summed E-state index contributed by atoms with van der Waals surface area (Å²) in [6, 6.07) is 44.0. The molecule has 0 unspecified atom stereocenters. The standard InChI is InChI=1S/2C24H30N5O3P.2C19H28NO3P.2C8H12N4O/c2*1-4-18-19(13-21(30-18)28-15-27-22-16(2)25-14-26-23(22)28)31-33-29-12-8-11-20(29)24(3,32-33)17-9-6-5-7-10-17;2*1-4-16-17(13-14(2)21-16)22-24-20-12-8-11-18(20)19(3,23-24)15-9-6-5-7-10-15;2*1-6-4-9-8(13)11-7(6)10-5-12(2)3/h2*5-7,9-10,14-15,18-21H,4,8,11-13H2,1-3H3;2*5-7,9-10,14,16-18H,4,8,11-13H2,1-3H3;2*4-5H,1-3H3,(H,9,11,13)/t18-,19-,20+,21-,24-,33+;18-,19-,20-,21-,24+,33-;14-,16+,17+,18+,19-,24+;14-,16+,17+,18-,19+,24-;;/m1100../s1. The van der Waals surface area contributed by atoms with Crippen molar-refractivity contribution in [2.75, 3.05) is 54.4 Å². The van der Waals surface area contributed by atoms with Gasteiger partial charge in [0.2, 0.25) is 0 Å². The summed E-state index contributed by atoms with van der Waals surface area (Å²) < 4.78 is 92.0.